The van der Waals surface area contributed by atoms with Gasteiger partial charge in [-0.25, -0.2) is 4.98 Å². The minimum atomic E-state index is -0.617. The lowest BCUT2D eigenvalue weighted by Gasteiger charge is -2.17. The van der Waals surface area contributed by atoms with Crippen molar-refractivity contribution in [3.05, 3.63) is 24.4 Å². The molecule has 0 bridgehead atoms. The van der Waals surface area contributed by atoms with Gasteiger partial charge in [0.1, 0.15) is 12.6 Å². The highest BCUT2D eigenvalue weighted by atomic mass is 32.2. The number of esters is 2. The molecule has 3 atom stereocenters. The van der Waals surface area contributed by atoms with Gasteiger partial charge in [0.05, 0.1) is 17.0 Å². The molecule has 6 nitrogen and oxygen atoms in total. The van der Waals surface area contributed by atoms with Gasteiger partial charge in [0.15, 0.2) is 0 Å². The number of carbonyl (C=O) groups is 2. The summed E-state index contributed by atoms with van der Waals surface area (Å²) < 4.78 is 10.6. The monoisotopic (exact) mass is 324 g/mol. The van der Waals surface area contributed by atoms with Crippen molar-refractivity contribution in [3.63, 3.8) is 0 Å². The largest absolute Gasteiger partial charge is 0.463 e. The van der Waals surface area contributed by atoms with Gasteiger partial charge in [0.2, 0.25) is 0 Å². The van der Waals surface area contributed by atoms with Gasteiger partial charge >= 0.3 is 11.9 Å². The SMILES string of the molecule is CN[C@H]1COC(=O)C(CSc2ccccn2)CC(C)OC1=O. The summed E-state index contributed by atoms with van der Waals surface area (Å²) in [4.78, 5) is 28.3. The number of hydrogen-bond acceptors (Lipinski definition) is 7. The molecule has 1 aromatic heterocycles. The Morgan fingerprint density at radius 2 is 2.18 bits per heavy atom. The average Bonchev–Trinajstić information content (AvgIpc) is 2.56. The number of hydrogen-bond donors (Lipinski definition) is 1. The first-order valence-corrected chi connectivity index (χ1v) is 8.17. The number of nitrogens with zero attached hydrogens (tertiary/aromatic N) is 1. The first kappa shape index (κ1) is 16.8. The van der Waals surface area contributed by atoms with Gasteiger partial charge in [-0.05, 0) is 32.5 Å². The van der Waals surface area contributed by atoms with Crippen LogP contribution in [0, 0.1) is 5.92 Å². The quantitative estimate of drug-likeness (QED) is 0.660. The average molecular weight is 324 g/mol. The number of thioether (sulfide) groups is 1. The van der Waals surface area contributed by atoms with E-state index in [2.05, 4.69) is 10.3 Å². The molecule has 1 aliphatic heterocycles. The van der Waals surface area contributed by atoms with E-state index in [0.717, 1.165) is 5.03 Å². The minimum Gasteiger partial charge on any atom is -0.463 e. The van der Waals surface area contributed by atoms with Crippen molar-refractivity contribution in [2.75, 3.05) is 19.4 Å². The molecule has 120 valence electrons. The lowest BCUT2D eigenvalue weighted by Crippen LogP contribution is -2.40. The van der Waals surface area contributed by atoms with Crippen molar-refractivity contribution in [2.24, 2.45) is 5.92 Å². The van der Waals surface area contributed by atoms with Crippen molar-refractivity contribution in [1.29, 1.82) is 0 Å². The van der Waals surface area contributed by atoms with E-state index in [9.17, 15) is 9.59 Å². The van der Waals surface area contributed by atoms with Crippen LogP contribution in [-0.2, 0) is 19.1 Å². The molecule has 7 heteroatoms. The van der Waals surface area contributed by atoms with Crippen LogP contribution in [0.5, 0.6) is 0 Å². The molecule has 0 amide bonds. The third kappa shape index (κ3) is 4.71. The number of ether oxygens (including phenoxy) is 2. The van der Waals surface area contributed by atoms with E-state index in [1.807, 2.05) is 18.2 Å². The molecule has 0 saturated carbocycles. The normalized spacial score (nSPS) is 26.4. The van der Waals surface area contributed by atoms with Gasteiger partial charge in [0, 0.05) is 11.9 Å². The second kappa shape index (κ2) is 8.14. The molecule has 0 radical (unpaired) electrons. The maximum atomic E-state index is 12.2. The Bertz CT molecular complexity index is 512. The summed E-state index contributed by atoms with van der Waals surface area (Å²) in [5.74, 6) is -0.470. The molecule has 2 heterocycles. The van der Waals surface area contributed by atoms with E-state index in [4.69, 9.17) is 9.47 Å². The van der Waals surface area contributed by atoms with Crippen LogP contribution in [0.4, 0.5) is 0 Å². The van der Waals surface area contributed by atoms with Gasteiger partial charge in [-0.1, -0.05) is 6.07 Å². The highest BCUT2D eigenvalue weighted by Gasteiger charge is 2.30. The molecule has 1 aliphatic rings. The van der Waals surface area contributed by atoms with Gasteiger partial charge in [0.25, 0.3) is 0 Å². The minimum absolute atomic E-state index is 0.00829. The number of nitrogens with one attached hydrogen (secondary N) is 1. The first-order chi connectivity index (χ1) is 10.6. The summed E-state index contributed by atoms with van der Waals surface area (Å²) in [7, 11) is 1.64. The van der Waals surface area contributed by atoms with Crippen molar-refractivity contribution >= 4 is 23.7 Å². The summed E-state index contributed by atoms with van der Waals surface area (Å²) in [6.07, 6.45) is 1.83. The Morgan fingerprint density at radius 3 is 2.86 bits per heavy atom. The molecule has 0 aromatic carbocycles. The fourth-order valence-corrected chi connectivity index (χ4v) is 3.09. The standard InChI is InChI=1S/C15H20N2O4S/c1-10-7-11(9-22-13-5-3-4-6-17-13)14(18)20-8-12(16-2)15(19)21-10/h3-6,10-12,16H,7-9H2,1-2H3/t10?,11?,12-/m0/s1. The van der Waals surface area contributed by atoms with Crippen molar-refractivity contribution in [2.45, 2.75) is 30.5 Å². The highest BCUT2D eigenvalue weighted by Crippen LogP contribution is 2.23. The van der Waals surface area contributed by atoms with Crippen LogP contribution in [0.25, 0.3) is 0 Å². The van der Waals surface area contributed by atoms with Gasteiger partial charge in [-0.2, -0.15) is 0 Å². The molecular formula is C15H20N2O4S. The van der Waals surface area contributed by atoms with E-state index in [-0.39, 0.29) is 30.6 Å². The highest BCUT2D eigenvalue weighted by molar-refractivity contribution is 7.99. The fourth-order valence-electron chi connectivity index (χ4n) is 2.13. The van der Waals surface area contributed by atoms with E-state index in [0.29, 0.717) is 12.2 Å². The number of pyridine rings is 1. The fraction of sp³-hybridized carbons (Fsp3) is 0.533. The number of carbonyl (C=O) groups excluding carboxylic acids is 2. The first-order valence-electron chi connectivity index (χ1n) is 7.18. The Hall–Kier alpha value is -1.60. The van der Waals surface area contributed by atoms with Crippen molar-refractivity contribution in [3.8, 4) is 0 Å². The van der Waals surface area contributed by atoms with E-state index in [1.54, 1.807) is 20.2 Å². The Kier molecular flexibility index (Phi) is 6.21. The zero-order valence-corrected chi connectivity index (χ0v) is 13.5. The predicted octanol–water partition coefficient (Wildman–Crippen LogP) is 1.26. The smallest absolute Gasteiger partial charge is 0.326 e. The van der Waals surface area contributed by atoms with Crippen LogP contribution >= 0.6 is 11.8 Å². The molecule has 0 spiro atoms. The molecule has 2 unspecified atom stereocenters. The van der Waals surface area contributed by atoms with E-state index in [1.165, 1.54) is 11.8 Å². The second-order valence-electron chi connectivity index (χ2n) is 5.13. The zero-order chi connectivity index (χ0) is 15.9. The number of cyclic esters (lactones) is 2. The number of likely N-dealkylation sites (N-methyl/N-ethyl adjacent to an activating group) is 1. The number of aromatic nitrogens is 1. The molecule has 2 rings (SSSR count). The molecule has 1 N–H and O–H groups in total. The molecule has 1 aromatic rings. The molecule has 1 fully saturated rings. The summed E-state index contributed by atoms with van der Waals surface area (Å²) in [5, 5.41) is 3.65. The summed E-state index contributed by atoms with van der Waals surface area (Å²) >= 11 is 1.49. The predicted molar refractivity (Wildman–Crippen MR) is 82.4 cm³/mol. The second-order valence-corrected chi connectivity index (χ2v) is 6.17. The molecule has 0 aliphatic carbocycles. The van der Waals surface area contributed by atoms with Crippen LogP contribution in [0.1, 0.15) is 13.3 Å². The lowest BCUT2D eigenvalue weighted by atomic mass is 10.0. The van der Waals surface area contributed by atoms with Crippen LogP contribution in [-0.4, -0.2) is 48.5 Å². The summed E-state index contributed by atoms with van der Waals surface area (Å²) in [6, 6.07) is 5.02. The van der Waals surface area contributed by atoms with Gasteiger partial charge in [-0.15, -0.1) is 11.8 Å². The van der Waals surface area contributed by atoms with Crippen LogP contribution in [0.3, 0.4) is 0 Å². The third-order valence-electron chi connectivity index (χ3n) is 3.36. The Morgan fingerprint density at radius 1 is 1.36 bits per heavy atom. The van der Waals surface area contributed by atoms with Crippen LogP contribution < -0.4 is 5.32 Å². The Labute approximate surface area is 134 Å². The van der Waals surface area contributed by atoms with Gasteiger partial charge in [-0.3, -0.25) is 9.59 Å². The topological polar surface area (TPSA) is 77.5 Å². The zero-order valence-electron chi connectivity index (χ0n) is 12.7. The van der Waals surface area contributed by atoms with E-state index >= 15 is 0 Å². The molecule has 22 heavy (non-hydrogen) atoms. The summed E-state index contributed by atoms with van der Waals surface area (Å²) in [5.41, 5.74) is 0. The molecule has 1 saturated heterocycles. The van der Waals surface area contributed by atoms with Crippen molar-refractivity contribution in [1.82, 2.24) is 10.3 Å². The third-order valence-corrected chi connectivity index (χ3v) is 4.47. The maximum Gasteiger partial charge on any atom is 0.326 e. The number of rotatable bonds is 4. The van der Waals surface area contributed by atoms with Gasteiger partial charge < -0.3 is 14.8 Å². The van der Waals surface area contributed by atoms with Crippen molar-refractivity contribution < 1.29 is 19.1 Å². The van der Waals surface area contributed by atoms with Crippen LogP contribution in [0.2, 0.25) is 0 Å². The van der Waals surface area contributed by atoms with Crippen LogP contribution in [0.15, 0.2) is 29.4 Å². The lowest BCUT2D eigenvalue weighted by molar-refractivity contribution is -0.152. The molecular weight excluding hydrogens is 304 g/mol. The Balaban J connectivity index is 2.00. The maximum absolute atomic E-state index is 12.2. The summed E-state index contributed by atoms with van der Waals surface area (Å²) in [6.45, 7) is 1.79. The van der Waals surface area contributed by atoms with E-state index < -0.39 is 6.04 Å².